The first-order valence-electron chi connectivity index (χ1n) is 15.8. The first-order valence-corrected chi connectivity index (χ1v) is 15.8. The van der Waals surface area contributed by atoms with E-state index in [1.54, 1.807) is 11.1 Å². The van der Waals surface area contributed by atoms with Crippen LogP contribution in [0.2, 0.25) is 0 Å². The van der Waals surface area contributed by atoms with Crippen molar-refractivity contribution in [1.29, 1.82) is 0 Å². The number of hydrogen-bond acceptors (Lipinski definition) is 0. The normalized spacial score (nSPS) is 20.2. The fourth-order valence-electron chi connectivity index (χ4n) is 8.79. The summed E-state index contributed by atoms with van der Waals surface area (Å²) in [6.45, 7) is 16.7. The van der Waals surface area contributed by atoms with Gasteiger partial charge >= 0.3 is 0 Å². The fraction of sp³-hybridized carbons (Fsp3) is 0.410. The summed E-state index contributed by atoms with van der Waals surface area (Å²) in [7, 11) is 0. The van der Waals surface area contributed by atoms with Gasteiger partial charge in [0.15, 0.2) is 0 Å². The number of fused-ring (bicyclic) bond motifs is 4. The first kappa shape index (κ1) is 25.8. The van der Waals surface area contributed by atoms with Crippen molar-refractivity contribution in [3.8, 4) is 11.3 Å². The third kappa shape index (κ3) is 3.18. The van der Waals surface area contributed by atoms with E-state index in [-0.39, 0.29) is 11.0 Å². The number of pyridine rings is 1. The van der Waals surface area contributed by atoms with Gasteiger partial charge in [0.1, 0.15) is 0 Å². The van der Waals surface area contributed by atoms with Crippen molar-refractivity contribution in [3.05, 3.63) is 100 Å². The summed E-state index contributed by atoms with van der Waals surface area (Å²) in [6.07, 6.45) is 11.2. The van der Waals surface area contributed by atoms with Crippen molar-refractivity contribution in [2.45, 2.75) is 91.5 Å². The van der Waals surface area contributed by atoms with Crippen LogP contribution in [0.3, 0.4) is 0 Å². The molecule has 3 aromatic carbocycles. The summed E-state index contributed by atoms with van der Waals surface area (Å²) in [5, 5.41) is 4.22. The Hall–Kier alpha value is -3.19. The maximum atomic E-state index is 2.84. The molecule has 1 heteroatoms. The Morgan fingerprint density at radius 3 is 2.20 bits per heavy atom. The van der Waals surface area contributed by atoms with E-state index >= 15 is 0 Å². The highest BCUT2D eigenvalue weighted by Crippen LogP contribution is 2.57. The summed E-state index contributed by atoms with van der Waals surface area (Å²) < 4.78 is 2.84. The zero-order chi connectivity index (χ0) is 28.0. The maximum absolute atomic E-state index is 2.84. The predicted octanol–water partition coefficient (Wildman–Crippen LogP) is 10.1. The summed E-state index contributed by atoms with van der Waals surface area (Å²) in [5.41, 5.74) is 13.1. The first-order chi connectivity index (χ1) is 19.3. The number of benzene rings is 3. The van der Waals surface area contributed by atoms with E-state index in [1.165, 1.54) is 80.9 Å². The molecule has 1 atom stereocenters. The monoisotopic (exact) mass is 526 g/mol. The highest BCUT2D eigenvalue weighted by atomic mass is 15.1. The average molecular weight is 527 g/mol. The second-order valence-corrected chi connectivity index (χ2v) is 13.3. The lowest BCUT2D eigenvalue weighted by atomic mass is 9.68. The Balaban J connectivity index is 1.70. The van der Waals surface area contributed by atoms with Crippen molar-refractivity contribution in [2.24, 2.45) is 11.8 Å². The smallest absolute Gasteiger partial charge is 0.177 e. The van der Waals surface area contributed by atoms with Crippen LogP contribution in [-0.4, -0.2) is 0 Å². The van der Waals surface area contributed by atoms with Crippen LogP contribution in [0.1, 0.15) is 95.9 Å². The van der Waals surface area contributed by atoms with Crippen molar-refractivity contribution in [3.63, 3.8) is 0 Å². The van der Waals surface area contributed by atoms with E-state index in [4.69, 9.17) is 0 Å². The average Bonchev–Trinajstić information content (AvgIpc) is 3.22. The Labute approximate surface area is 240 Å². The lowest BCUT2D eigenvalue weighted by Crippen LogP contribution is -2.56. The molecular weight excluding hydrogens is 482 g/mol. The van der Waals surface area contributed by atoms with Crippen molar-refractivity contribution < 1.29 is 4.57 Å². The molecule has 1 aliphatic heterocycles. The Morgan fingerprint density at radius 2 is 1.48 bits per heavy atom. The molecule has 0 amide bonds. The Kier molecular flexibility index (Phi) is 5.73. The third-order valence-electron chi connectivity index (χ3n) is 11.0. The van der Waals surface area contributed by atoms with Gasteiger partial charge in [-0.2, -0.15) is 4.57 Å². The second kappa shape index (κ2) is 8.90. The molecule has 2 aliphatic carbocycles. The Bertz CT molecular complexity index is 1760. The summed E-state index contributed by atoms with van der Waals surface area (Å²) in [6, 6.07) is 21.3. The van der Waals surface area contributed by atoms with Gasteiger partial charge in [-0.05, 0) is 79.2 Å². The fourth-order valence-corrected chi connectivity index (χ4v) is 8.79. The minimum Gasteiger partial charge on any atom is -0.177 e. The van der Waals surface area contributed by atoms with Crippen molar-refractivity contribution >= 4 is 21.7 Å². The zero-order valence-electron chi connectivity index (χ0n) is 25.5. The number of allylic oxidation sites excluding steroid dienone is 4. The Morgan fingerprint density at radius 1 is 0.775 bits per heavy atom. The van der Waals surface area contributed by atoms with Crippen LogP contribution in [0.4, 0.5) is 0 Å². The summed E-state index contributed by atoms with van der Waals surface area (Å²) in [5.74, 6) is 1.21. The minimum atomic E-state index is -0.211. The molecule has 0 saturated carbocycles. The lowest BCUT2D eigenvalue weighted by Gasteiger charge is -2.34. The van der Waals surface area contributed by atoms with E-state index in [1.807, 2.05) is 0 Å². The van der Waals surface area contributed by atoms with Gasteiger partial charge in [0.05, 0.1) is 5.56 Å². The molecule has 1 unspecified atom stereocenters. The zero-order valence-corrected chi connectivity index (χ0v) is 25.5. The third-order valence-corrected chi connectivity index (χ3v) is 11.0. The van der Waals surface area contributed by atoms with Crippen LogP contribution in [0.25, 0.3) is 32.9 Å². The van der Waals surface area contributed by atoms with Crippen LogP contribution in [0, 0.1) is 18.8 Å². The molecule has 1 nitrogen and oxygen atoms in total. The molecule has 204 valence electrons. The highest BCUT2D eigenvalue weighted by molar-refractivity contribution is 6.05. The van der Waals surface area contributed by atoms with Crippen LogP contribution < -0.4 is 4.57 Å². The molecule has 1 aromatic heterocycles. The van der Waals surface area contributed by atoms with Gasteiger partial charge < -0.3 is 0 Å². The maximum Gasteiger partial charge on any atom is 0.219 e. The molecule has 0 N–H and O–H groups in total. The molecule has 2 heterocycles. The van der Waals surface area contributed by atoms with Crippen molar-refractivity contribution in [1.82, 2.24) is 0 Å². The molecule has 3 aliphatic rings. The van der Waals surface area contributed by atoms with Crippen molar-refractivity contribution in [2.75, 3.05) is 0 Å². The molecule has 1 spiro atoms. The molecule has 4 aromatic rings. The molecule has 0 radical (unpaired) electrons. The topological polar surface area (TPSA) is 3.88 Å². The van der Waals surface area contributed by atoms with Crippen LogP contribution in [0.5, 0.6) is 0 Å². The highest BCUT2D eigenvalue weighted by Gasteiger charge is 2.57. The largest absolute Gasteiger partial charge is 0.219 e. The van der Waals surface area contributed by atoms with E-state index in [0.717, 1.165) is 6.42 Å². The molecule has 0 bridgehead atoms. The van der Waals surface area contributed by atoms with E-state index in [0.29, 0.717) is 11.8 Å². The second-order valence-electron chi connectivity index (χ2n) is 13.3. The number of aryl methyl sites for hydroxylation is 1. The summed E-state index contributed by atoms with van der Waals surface area (Å²) >= 11 is 0. The number of aromatic nitrogens is 1. The molecule has 0 saturated heterocycles. The number of rotatable bonds is 6. The molecular formula is C39H44N+. The lowest BCUT2D eigenvalue weighted by molar-refractivity contribution is -0.703. The van der Waals surface area contributed by atoms with E-state index in [2.05, 4.69) is 120 Å². The van der Waals surface area contributed by atoms with Gasteiger partial charge in [-0.25, -0.2) is 0 Å². The van der Waals surface area contributed by atoms with Gasteiger partial charge in [0.25, 0.3) is 0 Å². The van der Waals surface area contributed by atoms with E-state index in [9.17, 15) is 0 Å². The molecule has 40 heavy (non-hydrogen) atoms. The van der Waals surface area contributed by atoms with Gasteiger partial charge in [-0.3, -0.25) is 0 Å². The van der Waals surface area contributed by atoms with Crippen LogP contribution in [-0.2, 0) is 11.0 Å². The minimum absolute atomic E-state index is 0.0731. The number of hydrogen-bond donors (Lipinski definition) is 0. The number of nitrogens with zero attached hydrogens (tertiary/aromatic N) is 1. The predicted molar refractivity (Wildman–Crippen MR) is 170 cm³/mol. The van der Waals surface area contributed by atoms with Gasteiger partial charge in [-0.15, -0.1) is 0 Å². The molecule has 0 fully saturated rings. The number of para-hydroxylation sites is 1. The van der Waals surface area contributed by atoms with Crippen LogP contribution >= 0.6 is 0 Å². The molecule has 7 rings (SSSR count). The standard InChI is InChI=1S/C39H44N/c1-8-25(9-2)29-20-30(26(10-3)11-4)23-39(22-29)32-19-18-27-15-13-17-31-34(27)35(32)37-33(38(31,6)7)21-28-16-12-14-24(5)36(28)40(37)39/h12-22,25-26H,8-11,23H2,1-7H3/q+1. The summed E-state index contributed by atoms with van der Waals surface area (Å²) in [4.78, 5) is 0. The van der Waals surface area contributed by atoms with Gasteiger partial charge in [-0.1, -0.05) is 95.7 Å². The quantitative estimate of drug-likeness (QED) is 0.220. The van der Waals surface area contributed by atoms with E-state index < -0.39 is 0 Å². The SMILES string of the molecule is CCC(CC)C1=CC2(CC(C(CC)CC)=C1)c1ccc3cccc4c3c1-c1c(cc3cccc(C)c3[n+]12)C4(C)C. The van der Waals surface area contributed by atoms with Gasteiger partial charge in [0.2, 0.25) is 16.7 Å². The van der Waals surface area contributed by atoms with Crippen LogP contribution in [0.15, 0.2) is 77.9 Å². The van der Waals surface area contributed by atoms with Gasteiger partial charge in [0, 0.05) is 39.3 Å².